The SMILES string of the molecule is COc1ccc2c(O[C@@H]3C[C@H]4C(=O)N[C@]5(C(=O)NS(=O)(=O)C6(CF)CC6)C[C@H]5/C=C\CC[C@@H](C)C[C@@H](C)[C@H](NC(=O)O)C(=O)N4C3)cc(Cl)nc2c1. The summed E-state index contributed by atoms with van der Waals surface area (Å²) >= 11 is 6.34. The first-order chi connectivity index (χ1) is 24.6. The van der Waals surface area contributed by atoms with E-state index in [9.17, 15) is 37.1 Å². The van der Waals surface area contributed by atoms with Gasteiger partial charge in [0.25, 0.3) is 5.91 Å². The molecule has 4 N–H and O–H groups in total. The molecule has 0 spiro atoms. The Morgan fingerprint density at radius 1 is 1.19 bits per heavy atom. The van der Waals surface area contributed by atoms with Crippen LogP contribution >= 0.6 is 11.6 Å². The number of rotatable bonds is 8. The molecule has 3 fully saturated rings. The number of allylic oxidation sites excluding steroid dienone is 1. The van der Waals surface area contributed by atoms with Crippen LogP contribution in [-0.4, -0.2) is 96.0 Å². The van der Waals surface area contributed by atoms with E-state index in [0.29, 0.717) is 41.7 Å². The molecule has 3 heterocycles. The van der Waals surface area contributed by atoms with Gasteiger partial charge in [0.15, 0.2) is 0 Å². The number of sulfonamides is 1. The van der Waals surface area contributed by atoms with Crippen molar-refractivity contribution in [2.24, 2.45) is 17.8 Å². The number of carbonyl (C=O) groups excluding carboxylic acids is 3. The zero-order valence-corrected chi connectivity index (χ0v) is 30.6. The molecule has 1 aromatic carbocycles. The Labute approximate surface area is 305 Å². The van der Waals surface area contributed by atoms with Crippen LogP contribution in [-0.2, 0) is 24.4 Å². The molecule has 282 valence electrons. The number of hydrogen-bond donors (Lipinski definition) is 4. The second-order valence-electron chi connectivity index (χ2n) is 14.6. The maximum atomic E-state index is 14.4. The number of nitrogens with zero attached hydrogens (tertiary/aromatic N) is 2. The molecule has 4 amide bonds. The number of aromatic nitrogens is 1. The molecule has 7 atom stereocenters. The Morgan fingerprint density at radius 3 is 2.62 bits per heavy atom. The third-order valence-electron chi connectivity index (χ3n) is 10.8. The summed E-state index contributed by atoms with van der Waals surface area (Å²) in [6.07, 6.45) is 3.42. The van der Waals surface area contributed by atoms with Gasteiger partial charge < -0.3 is 30.1 Å². The maximum absolute atomic E-state index is 14.4. The fourth-order valence-corrected chi connectivity index (χ4v) is 9.05. The quantitative estimate of drug-likeness (QED) is 0.228. The first-order valence-electron chi connectivity index (χ1n) is 17.3. The third-order valence-corrected chi connectivity index (χ3v) is 13.1. The number of amides is 4. The van der Waals surface area contributed by atoms with Gasteiger partial charge in [-0.25, -0.2) is 22.6 Å². The fourth-order valence-electron chi connectivity index (χ4n) is 7.43. The van der Waals surface area contributed by atoms with E-state index in [1.807, 2.05) is 17.7 Å². The normalized spacial score (nSPS) is 30.8. The lowest BCUT2D eigenvalue weighted by molar-refractivity contribution is -0.142. The van der Waals surface area contributed by atoms with Crippen molar-refractivity contribution in [1.82, 2.24) is 25.2 Å². The fraction of sp³-hybridized carbons (Fsp3) is 0.571. The van der Waals surface area contributed by atoms with Gasteiger partial charge in [-0.3, -0.25) is 19.1 Å². The molecular weight excluding hydrogens is 721 g/mol. The molecule has 2 aromatic rings. The van der Waals surface area contributed by atoms with Gasteiger partial charge in [-0.05, 0) is 62.5 Å². The average molecular weight is 764 g/mol. The lowest BCUT2D eigenvalue weighted by Gasteiger charge is -2.32. The molecular formula is C35H43ClFN5O9S. The van der Waals surface area contributed by atoms with Crippen LogP contribution in [0.15, 0.2) is 36.4 Å². The number of benzene rings is 1. The zero-order chi connectivity index (χ0) is 37.6. The molecule has 0 radical (unpaired) electrons. The van der Waals surface area contributed by atoms with Crippen LogP contribution in [0.2, 0.25) is 5.15 Å². The highest BCUT2D eigenvalue weighted by atomic mass is 35.5. The van der Waals surface area contributed by atoms with Gasteiger partial charge in [0.2, 0.25) is 21.8 Å². The highest BCUT2D eigenvalue weighted by Gasteiger charge is 2.64. The van der Waals surface area contributed by atoms with E-state index in [1.54, 1.807) is 31.2 Å². The van der Waals surface area contributed by atoms with E-state index in [1.165, 1.54) is 18.1 Å². The molecule has 0 bridgehead atoms. The Hall–Kier alpha value is -4.18. The summed E-state index contributed by atoms with van der Waals surface area (Å²) in [6.45, 7) is 2.51. The molecule has 0 unspecified atom stereocenters. The lowest BCUT2D eigenvalue weighted by atomic mass is 9.88. The molecule has 17 heteroatoms. The molecule has 1 saturated heterocycles. The summed E-state index contributed by atoms with van der Waals surface area (Å²) in [5.74, 6) is -2.43. The number of halogens is 2. The number of carbonyl (C=O) groups is 4. The molecule has 6 rings (SSSR count). The van der Waals surface area contributed by atoms with Crippen molar-refractivity contribution in [2.45, 2.75) is 87.3 Å². The van der Waals surface area contributed by atoms with E-state index in [2.05, 4.69) is 15.6 Å². The number of alkyl halides is 1. The van der Waals surface area contributed by atoms with Crippen LogP contribution in [0.4, 0.5) is 9.18 Å². The highest BCUT2D eigenvalue weighted by Crippen LogP contribution is 2.48. The summed E-state index contributed by atoms with van der Waals surface area (Å²) in [7, 11) is -2.88. The minimum atomic E-state index is -4.39. The minimum Gasteiger partial charge on any atom is -0.497 e. The van der Waals surface area contributed by atoms with Crippen molar-refractivity contribution in [3.05, 3.63) is 41.6 Å². The van der Waals surface area contributed by atoms with Crippen molar-refractivity contribution in [2.75, 3.05) is 20.3 Å². The second-order valence-corrected chi connectivity index (χ2v) is 17.0. The van der Waals surface area contributed by atoms with Crippen LogP contribution in [0, 0.1) is 17.8 Å². The van der Waals surface area contributed by atoms with Gasteiger partial charge in [-0.15, -0.1) is 0 Å². The second kappa shape index (κ2) is 14.3. The number of nitrogens with one attached hydrogen (secondary N) is 3. The topological polar surface area (TPSA) is 193 Å². The first kappa shape index (κ1) is 37.6. The number of ether oxygens (including phenoxy) is 2. The number of fused-ring (bicyclic) bond motifs is 3. The number of carboxylic acid groups (broad SMARTS) is 1. The molecule has 2 aliphatic carbocycles. The van der Waals surface area contributed by atoms with Gasteiger partial charge in [-0.2, -0.15) is 0 Å². The number of methoxy groups -OCH3 is 1. The van der Waals surface area contributed by atoms with E-state index in [0.717, 1.165) is 0 Å². The van der Waals surface area contributed by atoms with Gasteiger partial charge in [-0.1, -0.05) is 37.6 Å². The van der Waals surface area contributed by atoms with E-state index >= 15 is 0 Å². The Bertz CT molecular complexity index is 1910. The smallest absolute Gasteiger partial charge is 0.405 e. The largest absolute Gasteiger partial charge is 0.497 e. The third kappa shape index (κ3) is 7.36. The number of hydrogen-bond acceptors (Lipinski definition) is 9. The summed E-state index contributed by atoms with van der Waals surface area (Å²) in [5.41, 5.74) is -1.19. The van der Waals surface area contributed by atoms with E-state index < -0.39 is 80.8 Å². The Balaban J connectivity index is 1.34. The predicted molar refractivity (Wildman–Crippen MR) is 188 cm³/mol. The first-order valence-corrected chi connectivity index (χ1v) is 19.2. The highest BCUT2D eigenvalue weighted by molar-refractivity contribution is 7.91. The standard InChI is InChI=1S/C35H43ClFN5O9S/c1-19-6-4-5-7-21-16-35(21,32(45)41-52(48,49)34(18-37)10-11-34)40-30(43)26-14-23(17-42(26)31(44)29(20(2)12-19)39-33(46)47)51-27-15-28(36)38-25-13-22(50-3)8-9-24(25)27/h5,7-9,13,15,19-21,23,26,29,39H,4,6,10-12,14,16-18H2,1-3H3,(H,40,43)(H,41,45)(H,46,47)/b7-5-/t19-,20-,21-,23-,26+,29+,35-/m1/s1. The van der Waals surface area contributed by atoms with Gasteiger partial charge in [0.1, 0.15) is 51.8 Å². The Kier molecular flexibility index (Phi) is 10.4. The van der Waals surface area contributed by atoms with Crippen LogP contribution in [0.3, 0.4) is 0 Å². The van der Waals surface area contributed by atoms with Gasteiger partial charge in [0.05, 0.1) is 19.2 Å². The summed E-state index contributed by atoms with van der Waals surface area (Å²) < 4.78 is 52.0. The number of pyridine rings is 1. The van der Waals surface area contributed by atoms with Crippen molar-refractivity contribution >= 4 is 56.3 Å². The van der Waals surface area contributed by atoms with Crippen molar-refractivity contribution < 1.29 is 46.6 Å². The summed E-state index contributed by atoms with van der Waals surface area (Å²) in [6, 6.07) is 4.20. The minimum absolute atomic E-state index is 0.0544. The average Bonchev–Trinajstić information content (AvgIpc) is 3.99. The zero-order valence-electron chi connectivity index (χ0n) is 29.1. The summed E-state index contributed by atoms with van der Waals surface area (Å²) in [5, 5.41) is 15.6. The molecule has 2 saturated carbocycles. The van der Waals surface area contributed by atoms with Crippen LogP contribution in [0.5, 0.6) is 11.5 Å². The monoisotopic (exact) mass is 763 g/mol. The molecule has 52 heavy (non-hydrogen) atoms. The van der Waals surface area contributed by atoms with Gasteiger partial charge >= 0.3 is 6.09 Å². The van der Waals surface area contributed by atoms with E-state index in [-0.39, 0.29) is 43.3 Å². The summed E-state index contributed by atoms with van der Waals surface area (Å²) in [4.78, 5) is 60.0. The van der Waals surface area contributed by atoms with Crippen molar-refractivity contribution in [3.63, 3.8) is 0 Å². The molecule has 2 aliphatic heterocycles. The van der Waals surface area contributed by atoms with Crippen molar-refractivity contribution in [1.29, 1.82) is 0 Å². The van der Waals surface area contributed by atoms with Crippen LogP contribution in [0.25, 0.3) is 10.9 Å². The molecule has 14 nitrogen and oxygen atoms in total. The van der Waals surface area contributed by atoms with E-state index in [4.69, 9.17) is 21.1 Å². The van der Waals surface area contributed by atoms with Crippen LogP contribution < -0.4 is 24.8 Å². The molecule has 1 aromatic heterocycles. The van der Waals surface area contributed by atoms with Gasteiger partial charge in [0, 0.05) is 29.9 Å². The van der Waals surface area contributed by atoms with Crippen LogP contribution in [0.1, 0.15) is 58.8 Å². The lowest BCUT2D eigenvalue weighted by Crippen LogP contribution is -2.59. The van der Waals surface area contributed by atoms with Crippen molar-refractivity contribution in [3.8, 4) is 11.5 Å². The predicted octanol–water partition coefficient (Wildman–Crippen LogP) is 3.72. The Morgan fingerprint density at radius 2 is 1.94 bits per heavy atom. The molecule has 4 aliphatic rings. The maximum Gasteiger partial charge on any atom is 0.405 e.